The largest absolute Gasteiger partial charge is 0.326 e. The van der Waals surface area contributed by atoms with Gasteiger partial charge in [-0.2, -0.15) is 5.26 Å². The molecule has 0 aliphatic heterocycles. The Kier molecular flexibility index (Phi) is 3.71. The monoisotopic (exact) mass is 309 g/mol. The summed E-state index contributed by atoms with van der Waals surface area (Å²) < 4.78 is 25.2. The van der Waals surface area contributed by atoms with E-state index >= 15 is 0 Å². The maximum atomic E-state index is 12.4. The zero-order chi connectivity index (χ0) is 10.7. The first-order valence-electron chi connectivity index (χ1n) is 3.67. The van der Waals surface area contributed by atoms with Gasteiger partial charge in [-0.05, 0) is 34.2 Å². The van der Waals surface area contributed by atoms with Crippen molar-refractivity contribution in [3.05, 3.63) is 26.6 Å². The third kappa shape index (κ3) is 2.16. The molecule has 0 atom stereocenters. The van der Waals surface area contributed by atoms with E-state index in [0.29, 0.717) is 9.26 Å². The fourth-order valence-electron chi connectivity index (χ4n) is 0.945. The Balaban J connectivity index is 3.33. The Hall–Kier alpha value is -0.810. The number of pyridine rings is 1. The average molecular weight is 309 g/mol. The van der Waals surface area contributed by atoms with Crippen LogP contribution in [0.4, 0.5) is 8.78 Å². The summed E-state index contributed by atoms with van der Waals surface area (Å²) in [5, 5.41) is 8.61. The van der Waals surface area contributed by atoms with Gasteiger partial charge < -0.3 is 5.73 Å². The summed E-state index contributed by atoms with van der Waals surface area (Å²) in [4.78, 5) is 3.65. The van der Waals surface area contributed by atoms with E-state index in [4.69, 9.17) is 11.0 Å². The zero-order valence-electron chi connectivity index (χ0n) is 6.97. The molecule has 1 heterocycles. The quantitative estimate of drug-likeness (QED) is 0.671. The second-order valence-electron chi connectivity index (χ2n) is 2.49. The van der Waals surface area contributed by atoms with Gasteiger partial charge in [-0.1, -0.05) is 0 Å². The van der Waals surface area contributed by atoms with Crippen LogP contribution in [0.15, 0.2) is 6.07 Å². The molecule has 3 nitrogen and oxygen atoms in total. The van der Waals surface area contributed by atoms with Gasteiger partial charge in [-0.25, -0.2) is 13.8 Å². The smallest absolute Gasteiger partial charge is 0.281 e. The molecule has 1 aromatic rings. The van der Waals surface area contributed by atoms with Crippen LogP contribution in [0, 0.1) is 15.0 Å². The summed E-state index contributed by atoms with van der Waals surface area (Å²) in [7, 11) is 0. The molecular formula is C8H6F2IN3. The first kappa shape index (κ1) is 11.3. The van der Waals surface area contributed by atoms with Gasteiger partial charge in [0.05, 0.1) is 5.56 Å². The maximum absolute atomic E-state index is 12.4. The lowest BCUT2D eigenvalue weighted by Gasteiger charge is -2.06. The molecule has 0 aliphatic rings. The van der Waals surface area contributed by atoms with E-state index in [0.717, 1.165) is 0 Å². The minimum atomic E-state index is -2.73. The van der Waals surface area contributed by atoms with Crippen molar-refractivity contribution >= 4 is 22.6 Å². The normalized spacial score (nSPS) is 10.3. The van der Waals surface area contributed by atoms with Gasteiger partial charge in [0.2, 0.25) is 0 Å². The van der Waals surface area contributed by atoms with E-state index in [9.17, 15) is 8.78 Å². The molecule has 0 radical (unpaired) electrons. The fraction of sp³-hybridized carbons (Fsp3) is 0.250. The fourth-order valence-corrected chi connectivity index (χ4v) is 1.58. The summed E-state index contributed by atoms with van der Waals surface area (Å²) in [6.07, 6.45) is -2.73. The van der Waals surface area contributed by atoms with E-state index in [-0.39, 0.29) is 12.1 Å². The molecule has 0 saturated carbocycles. The van der Waals surface area contributed by atoms with Crippen LogP contribution in [-0.4, -0.2) is 4.98 Å². The van der Waals surface area contributed by atoms with E-state index in [1.165, 1.54) is 6.07 Å². The lowest BCUT2D eigenvalue weighted by atomic mass is 10.1. The van der Waals surface area contributed by atoms with Gasteiger partial charge in [0.25, 0.3) is 6.43 Å². The van der Waals surface area contributed by atoms with Crippen molar-refractivity contribution in [3.63, 3.8) is 0 Å². The van der Waals surface area contributed by atoms with Crippen molar-refractivity contribution < 1.29 is 8.78 Å². The van der Waals surface area contributed by atoms with Crippen LogP contribution in [0.5, 0.6) is 0 Å². The number of halogens is 3. The number of nitrogens with two attached hydrogens (primary N) is 1. The van der Waals surface area contributed by atoms with Crippen molar-refractivity contribution in [1.82, 2.24) is 4.98 Å². The van der Waals surface area contributed by atoms with E-state index < -0.39 is 12.1 Å². The van der Waals surface area contributed by atoms with Crippen molar-refractivity contribution in [1.29, 1.82) is 5.26 Å². The minimum absolute atomic E-state index is 0.110. The number of hydrogen-bond donors (Lipinski definition) is 1. The number of hydrogen-bond acceptors (Lipinski definition) is 3. The molecule has 0 aromatic carbocycles. The number of nitriles is 1. The van der Waals surface area contributed by atoms with Gasteiger partial charge in [-0.15, -0.1) is 0 Å². The summed E-state index contributed by atoms with van der Waals surface area (Å²) in [5.41, 5.74) is 5.37. The molecular weight excluding hydrogens is 303 g/mol. The molecule has 14 heavy (non-hydrogen) atoms. The Morgan fingerprint density at radius 1 is 1.64 bits per heavy atom. The summed E-state index contributed by atoms with van der Waals surface area (Å²) in [6, 6.07) is 3.03. The maximum Gasteiger partial charge on any atom is 0.281 e. The van der Waals surface area contributed by atoms with Gasteiger partial charge in [-0.3, -0.25) is 0 Å². The zero-order valence-corrected chi connectivity index (χ0v) is 9.12. The van der Waals surface area contributed by atoms with E-state index in [2.05, 4.69) is 4.98 Å². The second-order valence-corrected chi connectivity index (χ2v) is 3.51. The molecule has 1 rings (SSSR count). The van der Waals surface area contributed by atoms with Gasteiger partial charge in [0.15, 0.2) is 0 Å². The van der Waals surface area contributed by atoms with Gasteiger partial charge in [0.1, 0.15) is 15.5 Å². The number of alkyl halides is 2. The van der Waals surface area contributed by atoms with Crippen LogP contribution < -0.4 is 5.73 Å². The van der Waals surface area contributed by atoms with Crippen molar-refractivity contribution in [2.24, 2.45) is 5.73 Å². The van der Waals surface area contributed by atoms with Crippen LogP contribution >= 0.6 is 22.6 Å². The molecule has 2 N–H and O–H groups in total. The Morgan fingerprint density at radius 3 is 2.71 bits per heavy atom. The number of aromatic nitrogens is 1. The molecule has 1 aromatic heterocycles. The third-order valence-electron chi connectivity index (χ3n) is 1.63. The minimum Gasteiger partial charge on any atom is -0.326 e. The summed E-state index contributed by atoms with van der Waals surface area (Å²) in [5.74, 6) is 0. The van der Waals surface area contributed by atoms with E-state index in [1.54, 1.807) is 6.07 Å². The predicted octanol–water partition coefficient (Wildman–Crippen LogP) is 1.95. The molecule has 0 amide bonds. The highest BCUT2D eigenvalue weighted by atomic mass is 127. The summed E-state index contributed by atoms with van der Waals surface area (Å²) >= 11 is 1.82. The molecule has 6 heteroatoms. The highest BCUT2D eigenvalue weighted by molar-refractivity contribution is 14.1. The van der Waals surface area contributed by atoms with Crippen LogP contribution in [0.3, 0.4) is 0 Å². The van der Waals surface area contributed by atoms with Crippen LogP contribution in [0.25, 0.3) is 0 Å². The molecule has 74 valence electrons. The van der Waals surface area contributed by atoms with Crippen LogP contribution in [0.1, 0.15) is 23.2 Å². The topological polar surface area (TPSA) is 62.7 Å². The van der Waals surface area contributed by atoms with Crippen molar-refractivity contribution in [3.8, 4) is 6.07 Å². The highest BCUT2D eigenvalue weighted by Crippen LogP contribution is 2.23. The van der Waals surface area contributed by atoms with Crippen molar-refractivity contribution in [2.45, 2.75) is 13.0 Å². The number of nitrogens with zero attached hydrogens (tertiary/aromatic N) is 2. The standard InChI is InChI=1S/C8H6F2IN3/c9-7(10)6-4(2-12)1-5(3-13)8(11)14-6/h1,7H,3,13H2. The molecule has 0 aliphatic carbocycles. The SMILES string of the molecule is N#Cc1cc(CN)c(I)nc1C(F)F. The Bertz CT molecular complexity index is 387. The lowest BCUT2D eigenvalue weighted by Crippen LogP contribution is -2.06. The van der Waals surface area contributed by atoms with Crippen LogP contribution in [-0.2, 0) is 6.54 Å². The lowest BCUT2D eigenvalue weighted by molar-refractivity contribution is 0.145. The van der Waals surface area contributed by atoms with Crippen molar-refractivity contribution in [2.75, 3.05) is 0 Å². The predicted molar refractivity (Wildman–Crippen MR) is 54.5 cm³/mol. The van der Waals surface area contributed by atoms with Crippen LogP contribution in [0.2, 0.25) is 0 Å². The molecule has 0 saturated heterocycles. The second kappa shape index (κ2) is 4.61. The Morgan fingerprint density at radius 2 is 2.29 bits per heavy atom. The number of rotatable bonds is 2. The highest BCUT2D eigenvalue weighted by Gasteiger charge is 2.17. The first-order valence-corrected chi connectivity index (χ1v) is 4.75. The molecule has 0 spiro atoms. The molecule has 0 fully saturated rings. The molecule has 0 unspecified atom stereocenters. The van der Waals surface area contributed by atoms with Gasteiger partial charge >= 0.3 is 0 Å². The average Bonchev–Trinajstić information content (AvgIpc) is 2.17. The first-order chi connectivity index (χ1) is 6.60. The Labute approximate surface area is 93.1 Å². The third-order valence-corrected chi connectivity index (χ3v) is 2.56. The van der Waals surface area contributed by atoms with Gasteiger partial charge in [0, 0.05) is 6.54 Å². The van der Waals surface area contributed by atoms with E-state index in [1.807, 2.05) is 22.6 Å². The summed E-state index contributed by atoms with van der Waals surface area (Å²) in [6.45, 7) is 0.184. The molecule has 0 bridgehead atoms.